The fourth-order valence-corrected chi connectivity index (χ4v) is 0. The van der Waals surface area contributed by atoms with E-state index in [1.54, 1.807) is 0 Å². The first-order valence-corrected chi connectivity index (χ1v) is 6.41. The van der Waals surface area contributed by atoms with Crippen molar-refractivity contribution in [3.8, 4) is 0 Å². The molecule has 10 heavy (non-hydrogen) atoms. The van der Waals surface area contributed by atoms with Gasteiger partial charge in [0.1, 0.15) is 0 Å². The molecule has 0 atom stereocenters. The van der Waals surface area contributed by atoms with E-state index in [2.05, 4.69) is 0 Å². The van der Waals surface area contributed by atoms with Crippen LogP contribution < -0.4 is 121 Å². The zero-order chi connectivity index (χ0) is 6.41. The van der Waals surface area contributed by atoms with Gasteiger partial charge >= 0.3 is 127 Å². The summed E-state index contributed by atoms with van der Waals surface area (Å²) in [6.07, 6.45) is 0. The van der Waals surface area contributed by atoms with Crippen molar-refractivity contribution in [3.05, 3.63) is 0 Å². The van der Waals surface area contributed by atoms with Gasteiger partial charge in [0.25, 0.3) is 0 Å². The number of hydrogen-bond acceptors (Lipinski definition) is 6. The van der Waals surface area contributed by atoms with Crippen molar-refractivity contribution in [1.29, 1.82) is 0 Å². The molecule has 0 aliphatic heterocycles. The van der Waals surface area contributed by atoms with E-state index in [9.17, 15) is 0 Å². The predicted molar refractivity (Wildman–Crippen MR) is 4.44 cm³/mol. The predicted octanol–water partition coefficient (Wildman–Crippen LogP) is -17.9. The van der Waals surface area contributed by atoms with Gasteiger partial charge in [0.2, 0.25) is 0 Å². The summed E-state index contributed by atoms with van der Waals surface area (Å²) in [7, 11) is 0. The van der Waals surface area contributed by atoms with Crippen LogP contribution in [-0.2, 0) is 0 Å². The van der Waals surface area contributed by atoms with Crippen LogP contribution in [0.25, 0.3) is 0 Å². The third kappa shape index (κ3) is 104. The fourth-order valence-electron chi connectivity index (χ4n) is 0. The summed E-state index contributed by atoms with van der Waals surface area (Å²) in [6, 6.07) is 0. The molecular formula is H2INa3O6. The zero-order valence-corrected chi connectivity index (χ0v) is 14.1. The van der Waals surface area contributed by atoms with Gasteiger partial charge in [0.05, 0.1) is 0 Å². The van der Waals surface area contributed by atoms with Crippen molar-refractivity contribution in [1.82, 2.24) is 0 Å². The summed E-state index contributed by atoms with van der Waals surface area (Å²) in [5.74, 6) is 0. The zero-order valence-electron chi connectivity index (χ0n) is 5.91. The fraction of sp³-hybridized carbons (Fsp3) is 0. The molecule has 0 saturated heterocycles. The molecule has 0 aromatic heterocycles. The molecule has 0 rings (SSSR count). The molecule has 0 aliphatic rings. The second-order valence-electron chi connectivity index (χ2n) is 1.01. The Bertz CT molecular complexity index is 71.6. The number of rotatable bonds is 0. The Morgan fingerprint density at radius 1 is 0.700 bits per heavy atom. The summed E-state index contributed by atoms with van der Waals surface area (Å²) in [5.41, 5.74) is 0. The normalized spacial score (nSPS) is 16.2. The van der Waals surface area contributed by atoms with Crippen LogP contribution in [0.5, 0.6) is 0 Å². The van der Waals surface area contributed by atoms with Gasteiger partial charge in [-0.1, -0.05) is 0 Å². The first-order valence-electron chi connectivity index (χ1n) is 0.955. The van der Waals surface area contributed by atoms with Gasteiger partial charge in [-0.15, -0.1) is 0 Å². The maximum atomic E-state index is 8.88. The molecule has 0 radical (unpaired) electrons. The molecule has 2 N–H and O–H groups in total. The first kappa shape index (κ1) is 23.4. The third-order valence-electron chi connectivity index (χ3n) is 0. The van der Waals surface area contributed by atoms with Crippen LogP contribution in [-0.4, -0.2) is 6.87 Å². The topological polar surface area (TPSA) is 133 Å². The van der Waals surface area contributed by atoms with Crippen molar-refractivity contribution in [3.63, 3.8) is 0 Å². The molecule has 0 fully saturated rings. The SMILES string of the molecule is [Na+].[Na+].[Na+].[O-][I+]([O-])([O-])([O-])(O)O. The molecule has 0 heterocycles. The Hall–Kier alpha value is 3.49. The van der Waals surface area contributed by atoms with Crippen LogP contribution in [0.2, 0.25) is 0 Å². The summed E-state index contributed by atoms with van der Waals surface area (Å²) in [6.45, 7) is 0. The molecule has 6 nitrogen and oxygen atoms in total. The van der Waals surface area contributed by atoms with E-state index < -0.39 is 18.2 Å². The summed E-state index contributed by atoms with van der Waals surface area (Å²) in [5, 5.41) is 0. The van der Waals surface area contributed by atoms with E-state index in [0.29, 0.717) is 0 Å². The Labute approximate surface area is 125 Å². The molecular weight excluding hydrogens is 292 g/mol. The molecule has 0 amide bonds. The van der Waals surface area contributed by atoms with Crippen molar-refractivity contribution in [2.24, 2.45) is 0 Å². The van der Waals surface area contributed by atoms with E-state index in [1.807, 2.05) is 0 Å². The van der Waals surface area contributed by atoms with E-state index in [4.69, 9.17) is 20.6 Å². The van der Waals surface area contributed by atoms with E-state index in [1.165, 1.54) is 0 Å². The standard InChI is InChI=1S/H2IO6.3Na/c2-1(3,4,5,6)7;;;/h2-3H;;;/q-3;3*+1. The molecule has 0 saturated carbocycles. The van der Waals surface area contributed by atoms with Crippen LogP contribution in [0.15, 0.2) is 0 Å². The van der Waals surface area contributed by atoms with Crippen LogP contribution in [0.4, 0.5) is 0 Å². The molecule has 0 aliphatic carbocycles. The van der Waals surface area contributed by atoms with E-state index in [0.717, 1.165) is 0 Å². The average Bonchev–Trinajstić information content (AvgIpc) is 0.592. The Morgan fingerprint density at radius 3 is 0.700 bits per heavy atom. The van der Waals surface area contributed by atoms with Crippen molar-refractivity contribution >= 4 is 0 Å². The van der Waals surface area contributed by atoms with Gasteiger partial charge in [0, 0.05) is 0 Å². The summed E-state index contributed by atoms with van der Waals surface area (Å²) >= 11 is -9.12. The minimum absolute atomic E-state index is 0. The van der Waals surface area contributed by atoms with Gasteiger partial charge in [-0.25, -0.2) is 0 Å². The molecule has 0 aromatic carbocycles. The minimum atomic E-state index is -9.12. The van der Waals surface area contributed by atoms with Gasteiger partial charge in [0.15, 0.2) is 0 Å². The Morgan fingerprint density at radius 2 is 0.700 bits per heavy atom. The van der Waals surface area contributed by atoms with Gasteiger partial charge in [-0.3, -0.25) is 0 Å². The van der Waals surface area contributed by atoms with E-state index in [-0.39, 0.29) is 88.7 Å². The first-order chi connectivity index (χ1) is 2.45. The van der Waals surface area contributed by atoms with Crippen LogP contribution >= 0.6 is 0 Å². The second kappa shape index (κ2) is 4.82. The summed E-state index contributed by atoms with van der Waals surface area (Å²) in [4.78, 5) is 0. The molecule has 10 heteroatoms. The average molecular weight is 294 g/mol. The van der Waals surface area contributed by atoms with Gasteiger partial charge < -0.3 is 0 Å². The van der Waals surface area contributed by atoms with Crippen LogP contribution in [0.1, 0.15) is 0 Å². The van der Waals surface area contributed by atoms with E-state index >= 15 is 0 Å². The molecule has 48 valence electrons. The molecule has 0 spiro atoms. The maximum absolute atomic E-state index is 9.12. The molecule has 0 aromatic rings. The second-order valence-corrected chi connectivity index (χ2v) is 6.75. The van der Waals surface area contributed by atoms with Crippen molar-refractivity contribution in [2.45, 2.75) is 0 Å². The van der Waals surface area contributed by atoms with Crippen molar-refractivity contribution < 1.29 is 127 Å². The van der Waals surface area contributed by atoms with Gasteiger partial charge in [-0.05, 0) is 0 Å². The van der Waals surface area contributed by atoms with Gasteiger partial charge in [-0.2, -0.15) is 0 Å². The Balaban J connectivity index is -0.0000000600. The van der Waals surface area contributed by atoms with Crippen LogP contribution in [0, 0.1) is 0 Å². The Kier molecular flexibility index (Phi) is 11.3. The van der Waals surface area contributed by atoms with Crippen molar-refractivity contribution in [2.75, 3.05) is 0 Å². The quantitative estimate of drug-likeness (QED) is 0.337. The number of halogens is 1. The van der Waals surface area contributed by atoms with Crippen LogP contribution in [0.3, 0.4) is 0 Å². The third-order valence-corrected chi connectivity index (χ3v) is 0. The monoisotopic (exact) mass is 294 g/mol. The number of hydrogen-bond donors (Lipinski definition) is 2. The summed E-state index contributed by atoms with van der Waals surface area (Å²) < 4.78 is 49.5. The molecule has 0 bridgehead atoms. The molecule has 0 unspecified atom stereocenters.